The minimum atomic E-state index is -0.431. The van der Waals surface area contributed by atoms with Crippen molar-refractivity contribution in [3.63, 3.8) is 0 Å². The maximum Gasteiger partial charge on any atom is 0.146 e. The van der Waals surface area contributed by atoms with Crippen molar-refractivity contribution in [2.45, 2.75) is 0 Å². The maximum absolute atomic E-state index is 12.3. The van der Waals surface area contributed by atoms with Crippen LogP contribution in [0.3, 0.4) is 0 Å². The highest BCUT2D eigenvalue weighted by molar-refractivity contribution is 6.30. The summed E-state index contributed by atoms with van der Waals surface area (Å²) in [7, 11) is 1.50. The number of halogens is 2. The predicted molar refractivity (Wildman–Crippen MR) is 45.9 cm³/mol. The maximum atomic E-state index is 12.3. The van der Waals surface area contributed by atoms with Crippen LogP contribution in [0.4, 0.5) is 10.1 Å². The molecule has 0 aliphatic heterocycles. The van der Waals surface area contributed by atoms with Crippen LogP contribution in [-0.2, 0) is 0 Å². The predicted octanol–water partition coefficient (Wildman–Crippen LogP) is 1.64. The van der Waals surface area contributed by atoms with E-state index < -0.39 is 5.82 Å². The van der Waals surface area contributed by atoms with Gasteiger partial charge in [0.15, 0.2) is 0 Å². The van der Waals surface area contributed by atoms with Crippen molar-refractivity contribution in [1.82, 2.24) is 0 Å². The van der Waals surface area contributed by atoms with Crippen LogP contribution in [0.15, 0.2) is 18.2 Å². The first-order valence-corrected chi connectivity index (χ1v) is 3.36. The van der Waals surface area contributed by atoms with Gasteiger partial charge in [-0.2, -0.15) is 0 Å². The Kier molecular flexibility index (Phi) is 4.57. The molecule has 2 nitrogen and oxygen atoms in total. The molecule has 11 heavy (non-hydrogen) atoms. The number of anilines is 1. The first-order chi connectivity index (χ1) is 5.20. The normalized spacial score (nSPS) is 8.36. The highest BCUT2D eigenvalue weighted by atomic mass is 35.5. The molecule has 1 rings (SSSR count). The van der Waals surface area contributed by atoms with E-state index >= 15 is 0 Å². The number of hydrogen-bond donors (Lipinski definition) is 2. The minimum Gasteiger partial charge on any atom is -0.396 e. The highest BCUT2D eigenvalue weighted by Gasteiger charge is 1.95. The molecule has 0 saturated carbocycles. The summed E-state index contributed by atoms with van der Waals surface area (Å²) in [6.45, 7) is 0. The largest absolute Gasteiger partial charge is 0.396 e. The molecule has 0 radical (unpaired) electrons. The monoisotopic (exact) mass is 176 g/mol. The number of benzene rings is 1. The second-order valence-electron chi connectivity index (χ2n) is 1.67. The van der Waals surface area contributed by atoms with E-state index in [4.69, 9.17) is 17.3 Å². The summed E-state index contributed by atoms with van der Waals surface area (Å²) in [4.78, 5) is 0. The van der Waals surface area contributed by atoms with Crippen molar-refractivity contribution in [2.75, 3.05) is 12.8 Å². The van der Waals surface area contributed by atoms with Crippen LogP contribution < -0.4 is 11.5 Å². The van der Waals surface area contributed by atoms with Crippen LogP contribution >= 0.6 is 11.6 Å². The first-order valence-electron chi connectivity index (χ1n) is 2.98. The lowest BCUT2D eigenvalue weighted by Crippen LogP contribution is -1.88. The molecule has 0 heterocycles. The minimum absolute atomic E-state index is 0.0856. The molecule has 0 fully saturated rings. The van der Waals surface area contributed by atoms with Gasteiger partial charge >= 0.3 is 0 Å². The Bertz CT molecular complexity index is 228. The summed E-state index contributed by atoms with van der Waals surface area (Å²) < 4.78 is 12.3. The summed E-state index contributed by atoms with van der Waals surface area (Å²) in [6.07, 6.45) is 0. The third-order valence-corrected chi connectivity index (χ3v) is 1.19. The van der Waals surface area contributed by atoms with Gasteiger partial charge < -0.3 is 11.5 Å². The summed E-state index contributed by atoms with van der Waals surface area (Å²) in [5.74, 6) is -0.431. The number of nitrogen functional groups attached to an aromatic ring is 1. The molecule has 4 N–H and O–H groups in total. The zero-order valence-corrected chi connectivity index (χ0v) is 6.90. The molecule has 0 atom stereocenters. The summed E-state index contributed by atoms with van der Waals surface area (Å²) >= 11 is 5.47. The second kappa shape index (κ2) is 4.93. The van der Waals surface area contributed by atoms with Crippen molar-refractivity contribution >= 4 is 17.3 Å². The third kappa shape index (κ3) is 3.20. The van der Waals surface area contributed by atoms with E-state index in [1.807, 2.05) is 0 Å². The Hall–Kier alpha value is -0.800. The van der Waals surface area contributed by atoms with Crippen molar-refractivity contribution in [3.8, 4) is 0 Å². The smallest absolute Gasteiger partial charge is 0.146 e. The zero-order chi connectivity index (χ0) is 8.85. The SMILES string of the molecule is CN.Nc1cc(Cl)ccc1F. The van der Waals surface area contributed by atoms with Gasteiger partial charge in [0.1, 0.15) is 5.82 Å². The molecule has 0 aliphatic carbocycles. The Morgan fingerprint density at radius 3 is 2.27 bits per heavy atom. The van der Waals surface area contributed by atoms with E-state index in [2.05, 4.69) is 5.73 Å². The molecule has 0 saturated heterocycles. The van der Waals surface area contributed by atoms with Crippen LogP contribution in [0.5, 0.6) is 0 Å². The molecule has 0 spiro atoms. The quantitative estimate of drug-likeness (QED) is 0.591. The van der Waals surface area contributed by atoms with Crippen LogP contribution in [0, 0.1) is 5.82 Å². The van der Waals surface area contributed by atoms with Crippen molar-refractivity contribution < 1.29 is 4.39 Å². The molecular weight excluding hydrogens is 167 g/mol. The second-order valence-corrected chi connectivity index (χ2v) is 2.10. The highest BCUT2D eigenvalue weighted by Crippen LogP contribution is 2.15. The van der Waals surface area contributed by atoms with E-state index in [-0.39, 0.29) is 5.69 Å². The van der Waals surface area contributed by atoms with Gasteiger partial charge in [-0.15, -0.1) is 0 Å². The molecule has 0 aromatic heterocycles. The van der Waals surface area contributed by atoms with Crippen LogP contribution in [-0.4, -0.2) is 7.05 Å². The fourth-order valence-electron chi connectivity index (χ4n) is 0.515. The summed E-state index contributed by atoms with van der Waals surface area (Å²) in [6, 6.07) is 4.06. The van der Waals surface area contributed by atoms with E-state index in [1.54, 1.807) is 0 Å². The van der Waals surface area contributed by atoms with Crippen LogP contribution in [0.1, 0.15) is 0 Å². The van der Waals surface area contributed by atoms with E-state index in [0.717, 1.165) is 0 Å². The van der Waals surface area contributed by atoms with Gasteiger partial charge in [0.25, 0.3) is 0 Å². The molecule has 0 amide bonds. The Labute approximate surface area is 70.0 Å². The average molecular weight is 177 g/mol. The Morgan fingerprint density at radius 1 is 1.36 bits per heavy atom. The molecule has 0 aliphatic rings. The Balaban J connectivity index is 0.000000461. The van der Waals surface area contributed by atoms with Crippen molar-refractivity contribution in [1.29, 1.82) is 0 Å². The van der Waals surface area contributed by atoms with E-state index in [1.165, 1.54) is 25.2 Å². The lowest BCUT2D eigenvalue weighted by molar-refractivity contribution is 0.632. The fraction of sp³-hybridized carbons (Fsp3) is 0.143. The molecule has 1 aromatic carbocycles. The lowest BCUT2D eigenvalue weighted by atomic mass is 10.3. The summed E-state index contributed by atoms with van der Waals surface area (Å²) in [5.41, 5.74) is 9.75. The molecule has 0 unspecified atom stereocenters. The van der Waals surface area contributed by atoms with Gasteiger partial charge in [0, 0.05) is 5.02 Å². The zero-order valence-electron chi connectivity index (χ0n) is 6.14. The third-order valence-electron chi connectivity index (χ3n) is 0.958. The van der Waals surface area contributed by atoms with Crippen molar-refractivity contribution in [2.24, 2.45) is 5.73 Å². The first kappa shape index (κ1) is 10.2. The van der Waals surface area contributed by atoms with E-state index in [0.29, 0.717) is 5.02 Å². The topological polar surface area (TPSA) is 52.0 Å². The number of hydrogen-bond acceptors (Lipinski definition) is 2. The Morgan fingerprint density at radius 2 is 1.91 bits per heavy atom. The molecule has 1 aromatic rings. The molecule has 0 bridgehead atoms. The molecular formula is C7H10ClFN2. The van der Waals surface area contributed by atoms with Crippen molar-refractivity contribution in [3.05, 3.63) is 29.0 Å². The number of rotatable bonds is 0. The van der Waals surface area contributed by atoms with Gasteiger partial charge in [-0.3, -0.25) is 0 Å². The number of nitrogens with two attached hydrogens (primary N) is 2. The summed E-state index contributed by atoms with van der Waals surface area (Å²) in [5, 5.41) is 0.453. The van der Waals surface area contributed by atoms with Crippen LogP contribution in [0.2, 0.25) is 5.02 Å². The van der Waals surface area contributed by atoms with Gasteiger partial charge in [-0.05, 0) is 25.2 Å². The average Bonchev–Trinajstić information content (AvgIpc) is 2.02. The fourth-order valence-corrected chi connectivity index (χ4v) is 0.695. The standard InChI is InChI=1S/C6H5ClFN.CH5N/c7-4-1-2-5(8)6(9)3-4;1-2/h1-3H,9H2;2H2,1H3. The van der Waals surface area contributed by atoms with E-state index in [9.17, 15) is 4.39 Å². The van der Waals surface area contributed by atoms with Gasteiger partial charge in [-0.25, -0.2) is 4.39 Å². The van der Waals surface area contributed by atoms with Gasteiger partial charge in [0.2, 0.25) is 0 Å². The van der Waals surface area contributed by atoms with Crippen LogP contribution in [0.25, 0.3) is 0 Å². The van der Waals surface area contributed by atoms with Gasteiger partial charge in [0.05, 0.1) is 5.69 Å². The molecule has 4 heteroatoms. The molecule has 62 valence electrons. The van der Waals surface area contributed by atoms with Gasteiger partial charge in [-0.1, -0.05) is 11.6 Å². The lowest BCUT2D eigenvalue weighted by Gasteiger charge is -1.93.